The Morgan fingerprint density at radius 2 is 1.66 bits per heavy atom. The average Bonchev–Trinajstić information content (AvgIpc) is 3.63. The molecule has 4 aliphatic heterocycles. The summed E-state index contributed by atoms with van der Waals surface area (Å²) in [5, 5.41) is 36.6. The molecular weight excluding hydrogens is 948 g/mol. The predicted octanol–water partition coefficient (Wildman–Crippen LogP) is 6.12. The zero-order valence-electron chi connectivity index (χ0n) is 42.1. The normalized spacial score (nSPS) is 25.0. The Morgan fingerprint density at radius 1 is 0.905 bits per heavy atom. The standard InChI is InChI=1S/C55H67FN10O8/c1-33(2)51(54(70)65-32-39(67)24-46(65)53(69)59-29-34-7-9-35(10-8-34)55(56)16-17-55)48-28-50(62-74-48)71-22-21-63-19-14-40(15-20-63)72-41-25-42(26-41)73-49-23-36(13-18-58-49)66-37-11-12-38(66)31-64(30-37)45-27-44(60-61-52(45)57)43-5-3-4-6-47(43)68/h3-10,13,18,23,27-28,33,37-42,46,51,67-68H,11-12,14-17,19-22,24-26,29-32H2,1-2H3,(H2,57,61)(H,59,69)/t37-,38?,39-,41?,42?,46+,51+/m1/s1. The third-order valence-electron chi connectivity index (χ3n) is 16.0. The van der Waals surface area contributed by atoms with E-state index in [9.17, 15) is 24.2 Å². The molecule has 1 unspecified atom stereocenters. The molecule has 392 valence electrons. The van der Waals surface area contributed by atoms with Crippen molar-refractivity contribution in [3.05, 3.63) is 95.9 Å². The molecule has 6 aliphatic rings. The summed E-state index contributed by atoms with van der Waals surface area (Å²) in [7, 11) is 0. The number of nitrogen functional groups attached to an aromatic ring is 1. The van der Waals surface area contributed by atoms with Gasteiger partial charge in [0.05, 0.1) is 29.7 Å². The van der Waals surface area contributed by atoms with Crippen LogP contribution in [0.15, 0.2) is 83.5 Å². The minimum atomic E-state index is -1.22. The Balaban J connectivity index is 0.597. The van der Waals surface area contributed by atoms with E-state index in [0.29, 0.717) is 66.2 Å². The summed E-state index contributed by atoms with van der Waals surface area (Å²) >= 11 is 0. The second-order valence-corrected chi connectivity index (χ2v) is 21.5. The lowest BCUT2D eigenvalue weighted by atomic mass is 9.91. The molecule has 2 aliphatic carbocycles. The Hall–Kier alpha value is -6.57. The van der Waals surface area contributed by atoms with Gasteiger partial charge in [-0.25, -0.2) is 9.37 Å². The molecule has 0 radical (unpaired) electrons. The molecule has 4 saturated heterocycles. The number of hydrogen-bond acceptors (Lipinski definition) is 16. The number of para-hydroxylation sites is 1. The average molecular weight is 1020 g/mol. The number of ether oxygens (including phenoxy) is 3. The first-order valence-corrected chi connectivity index (χ1v) is 26.4. The van der Waals surface area contributed by atoms with Crippen LogP contribution in [0.3, 0.4) is 0 Å². The number of carbonyl (C=O) groups is 2. The summed E-state index contributed by atoms with van der Waals surface area (Å²) in [5.41, 5.74) is 9.80. The number of halogens is 1. The summed E-state index contributed by atoms with van der Waals surface area (Å²) in [5.74, 6) is 0.213. The fraction of sp³-hybridized carbons (Fsp3) is 0.527. The van der Waals surface area contributed by atoms with Crippen molar-refractivity contribution in [3.8, 4) is 28.8 Å². The fourth-order valence-electron chi connectivity index (χ4n) is 11.7. The minimum Gasteiger partial charge on any atom is -0.507 e. The highest BCUT2D eigenvalue weighted by atomic mass is 19.1. The van der Waals surface area contributed by atoms with Crippen LogP contribution in [0.1, 0.15) is 94.4 Å². The van der Waals surface area contributed by atoms with Crippen molar-refractivity contribution in [2.45, 2.75) is 132 Å². The van der Waals surface area contributed by atoms with Gasteiger partial charge in [0.1, 0.15) is 36.1 Å². The second-order valence-electron chi connectivity index (χ2n) is 21.5. The summed E-state index contributed by atoms with van der Waals surface area (Å²) in [6, 6.07) is 21.7. The van der Waals surface area contributed by atoms with Crippen molar-refractivity contribution in [2.75, 3.05) is 61.4 Å². The maximum atomic E-state index is 14.4. The molecule has 11 rings (SSSR count). The van der Waals surface area contributed by atoms with Crippen LogP contribution < -0.4 is 30.3 Å². The number of phenolic OH excluding ortho intramolecular Hbond substituents is 1. The van der Waals surface area contributed by atoms with Crippen LogP contribution in [0.4, 0.5) is 21.6 Å². The Bertz CT molecular complexity index is 2770. The number of hydrogen-bond donors (Lipinski definition) is 4. The summed E-state index contributed by atoms with van der Waals surface area (Å²) in [6.07, 6.45) is 8.22. The SMILES string of the molecule is CC(C)[C@H](C(=O)N1C[C@H](O)C[C@H]1C(=O)NCc1ccc(C2(F)CC2)cc1)c1cc(OCCN2CCC(OC3CC(Oc4cc(N5C6CC[C@@H]5CN(c5cc(-c7ccccc7O)nnc5N)C6)ccn4)C3)CC2)no1. The number of fused-ring (bicyclic) bond motifs is 2. The number of aromatic hydroxyl groups is 1. The first kappa shape index (κ1) is 49.6. The van der Waals surface area contributed by atoms with E-state index < -0.39 is 23.7 Å². The minimum absolute atomic E-state index is 0.0350. The predicted molar refractivity (Wildman–Crippen MR) is 273 cm³/mol. The van der Waals surface area contributed by atoms with Crippen molar-refractivity contribution >= 4 is 29.0 Å². The summed E-state index contributed by atoms with van der Waals surface area (Å²) < 4.78 is 39.1. The van der Waals surface area contributed by atoms with E-state index in [0.717, 1.165) is 81.6 Å². The number of piperidine rings is 1. The van der Waals surface area contributed by atoms with Crippen molar-refractivity contribution in [2.24, 2.45) is 5.92 Å². The molecule has 74 heavy (non-hydrogen) atoms. The lowest BCUT2D eigenvalue weighted by molar-refractivity contribution is -0.141. The van der Waals surface area contributed by atoms with Crippen LogP contribution in [-0.4, -0.2) is 141 Å². The highest BCUT2D eigenvalue weighted by molar-refractivity contribution is 5.91. The van der Waals surface area contributed by atoms with Gasteiger partial charge in [0, 0.05) is 107 Å². The maximum absolute atomic E-state index is 14.4. The number of nitrogens with zero attached hydrogens (tertiary/aromatic N) is 8. The first-order chi connectivity index (χ1) is 35.8. The Kier molecular flexibility index (Phi) is 14.1. The number of aliphatic hydroxyl groups excluding tert-OH is 1. The molecule has 3 aromatic heterocycles. The number of nitrogens with two attached hydrogens (primary N) is 1. The molecule has 5 aromatic rings. The van der Waals surface area contributed by atoms with Crippen LogP contribution >= 0.6 is 0 Å². The molecule has 6 fully saturated rings. The Labute approximate surface area is 430 Å². The molecule has 2 aromatic carbocycles. The number of alkyl halides is 1. The number of rotatable bonds is 18. The van der Waals surface area contributed by atoms with Crippen LogP contribution in [0.25, 0.3) is 11.3 Å². The van der Waals surface area contributed by atoms with Crippen LogP contribution in [0, 0.1) is 5.92 Å². The van der Waals surface area contributed by atoms with Crippen molar-refractivity contribution in [1.82, 2.24) is 35.5 Å². The number of phenols is 1. The molecule has 2 bridgehead atoms. The maximum Gasteiger partial charge on any atom is 0.254 e. The van der Waals surface area contributed by atoms with E-state index in [-0.39, 0.29) is 73.4 Å². The van der Waals surface area contributed by atoms with Gasteiger partial charge in [0.15, 0.2) is 11.6 Å². The van der Waals surface area contributed by atoms with Gasteiger partial charge in [-0.2, -0.15) is 0 Å². The lowest BCUT2D eigenvalue weighted by Crippen LogP contribution is -2.54. The number of β-amino-alcohol motifs (C(OH)–C–C–N with tert-alkyl or cyclic N) is 1. The number of benzene rings is 2. The van der Waals surface area contributed by atoms with Gasteiger partial charge in [-0.1, -0.05) is 50.2 Å². The number of carbonyl (C=O) groups excluding carboxylic acids is 2. The third kappa shape index (κ3) is 10.7. The molecule has 2 saturated carbocycles. The van der Waals surface area contributed by atoms with Crippen molar-refractivity contribution in [3.63, 3.8) is 0 Å². The van der Waals surface area contributed by atoms with E-state index in [1.807, 2.05) is 50.4 Å². The summed E-state index contributed by atoms with van der Waals surface area (Å²) in [6.45, 7) is 8.52. The van der Waals surface area contributed by atoms with Gasteiger partial charge in [-0.05, 0) is 85.0 Å². The zero-order valence-corrected chi connectivity index (χ0v) is 42.1. The first-order valence-electron chi connectivity index (χ1n) is 26.4. The molecule has 2 amide bonds. The quantitative estimate of drug-likeness (QED) is 0.0778. The van der Waals surface area contributed by atoms with E-state index in [2.05, 4.69) is 52.5 Å². The third-order valence-corrected chi connectivity index (χ3v) is 16.0. The highest BCUT2D eigenvalue weighted by Gasteiger charge is 2.46. The topological polar surface area (TPSA) is 218 Å². The van der Waals surface area contributed by atoms with Crippen molar-refractivity contribution < 1.29 is 42.9 Å². The summed E-state index contributed by atoms with van der Waals surface area (Å²) in [4.78, 5) is 40.7. The van der Waals surface area contributed by atoms with Crippen LogP contribution in [0.2, 0.25) is 0 Å². The number of amides is 2. The molecular formula is C55H67FN10O8. The van der Waals surface area contributed by atoms with Gasteiger partial charge >= 0.3 is 0 Å². The van der Waals surface area contributed by atoms with Crippen molar-refractivity contribution in [1.29, 1.82) is 0 Å². The monoisotopic (exact) mass is 1010 g/mol. The smallest absolute Gasteiger partial charge is 0.254 e. The zero-order chi connectivity index (χ0) is 51.1. The van der Waals surface area contributed by atoms with Gasteiger partial charge in [-0.3, -0.25) is 14.5 Å². The number of aromatic nitrogens is 4. The molecule has 5 atom stereocenters. The van der Waals surface area contributed by atoms with E-state index in [1.54, 1.807) is 30.3 Å². The van der Waals surface area contributed by atoms with Crippen LogP contribution in [-0.2, 0) is 26.5 Å². The Morgan fingerprint density at radius 3 is 2.39 bits per heavy atom. The van der Waals surface area contributed by atoms with Gasteiger partial charge in [-0.15, -0.1) is 10.2 Å². The van der Waals surface area contributed by atoms with E-state index >= 15 is 0 Å². The van der Waals surface area contributed by atoms with E-state index in [1.165, 1.54) is 4.90 Å². The fourth-order valence-corrected chi connectivity index (χ4v) is 11.7. The number of aliphatic hydroxyl groups is 1. The molecule has 18 nitrogen and oxygen atoms in total. The molecule has 5 N–H and O–H groups in total. The molecule has 0 spiro atoms. The second kappa shape index (κ2) is 21.0. The number of pyridine rings is 1. The lowest BCUT2D eigenvalue weighted by Gasteiger charge is -2.43. The largest absolute Gasteiger partial charge is 0.507 e. The van der Waals surface area contributed by atoms with Gasteiger partial charge < -0.3 is 54.7 Å². The number of nitrogens with one attached hydrogen (secondary N) is 1. The van der Waals surface area contributed by atoms with Gasteiger partial charge in [0.25, 0.3) is 5.88 Å². The van der Waals surface area contributed by atoms with E-state index in [4.69, 9.17) is 24.5 Å². The van der Waals surface area contributed by atoms with Gasteiger partial charge in [0.2, 0.25) is 17.7 Å². The molecule has 19 heteroatoms. The number of likely N-dealkylation sites (tertiary alicyclic amines) is 2. The van der Waals surface area contributed by atoms with Crippen LogP contribution in [0.5, 0.6) is 17.5 Å². The number of anilines is 3. The number of piperazine rings is 1. The molecule has 7 heterocycles. The highest BCUT2D eigenvalue weighted by Crippen LogP contribution is 2.49.